The van der Waals surface area contributed by atoms with Gasteiger partial charge < -0.3 is 15.0 Å². The van der Waals surface area contributed by atoms with Gasteiger partial charge in [-0.1, -0.05) is 6.42 Å². The molecule has 0 aliphatic carbocycles. The van der Waals surface area contributed by atoms with E-state index in [1.54, 1.807) is 0 Å². The van der Waals surface area contributed by atoms with Gasteiger partial charge in [-0.15, -0.1) is 0 Å². The van der Waals surface area contributed by atoms with Crippen LogP contribution in [0.15, 0.2) is 0 Å². The van der Waals surface area contributed by atoms with Crippen molar-refractivity contribution in [3.8, 4) is 6.07 Å². The van der Waals surface area contributed by atoms with Gasteiger partial charge in [0.1, 0.15) is 0 Å². The number of rotatable bonds is 6. The molecule has 6 heteroatoms. The van der Waals surface area contributed by atoms with Crippen LogP contribution in [0.3, 0.4) is 0 Å². The Balaban J connectivity index is 1.83. The topological polar surface area (TPSA) is 68.6 Å². The van der Waals surface area contributed by atoms with Crippen LogP contribution in [0.1, 0.15) is 25.7 Å². The molecule has 2 fully saturated rings. The summed E-state index contributed by atoms with van der Waals surface area (Å²) in [5.74, 6) is 0.165. The summed E-state index contributed by atoms with van der Waals surface area (Å²) in [6.45, 7) is 6.45. The number of carbonyl (C=O) groups excluding carboxylic acids is 1. The Morgan fingerprint density at radius 1 is 1.33 bits per heavy atom. The van der Waals surface area contributed by atoms with Crippen LogP contribution in [0.2, 0.25) is 0 Å². The Bertz CT molecular complexity index is 357. The van der Waals surface area contributed by atoms with E-state index in [4.69, 9.17) is 10.00 Å². The molecule has 6 nitrogen and oxygen atoms in total. The van der Waals surface area contributed by atoms with Gasteiger partial charge in [0.15, 0.2) is 0 Å². The first-order valence-corrected chi connectivity index (χ1v) is 8.00. The Morgan fingerprint density at radius 3 is 2.81 bits per heavy atom. The Labute approximate surface area is 127 Å². The molecule has 1 amide bonds. The highest BCUT2D eigenvalue weighted by Gasteiger charge is 2.25. The number of hydrogen-bond donors (Lipinski definition) is 1. The SMILES string of the molecule is N#CCCN(CCN1CCOCC1)C(=O)C1CCCCN1. The van der Waals surface area contributed by atoms with Gasteiger partial charge >= 0.3 is 0 Å². The minimum atomic E-state index is -0.0536. The number of morpholine rings is 1. The zero-order valence-corrected chi connectivity index (χ0v) is 12.7. The van der Waals surface area contributed by atoms with Gasteiger partial charge in [0, 0.05) is 32.7 Å². The summed E-state index contributed by atoms with van der Waals surface area (Å²) < 4.78 is 5.34. The first kappa shape index (κ1) is 16.2. The molecule has 0 bridgehead atoms. The third-order valence-electron chi connectivity index (χ3n) is 4.20. The molecule has 2 aliphatic heterocycles. The maximum absolute atomic E-state index is 12.6. The fraction of sp³-hybridized carbons (Fsp3) is 0.867. The third-order valence-corrected chi connectivity index (χ3v) is 4.20. The predicted octanol–water partition coefficient (Wildman–Crippen LogP) is 0.203. The zero-order chi connectivity index (χ0) is 14.9. The van der Waals surface area contributed by atoms with Crippen LogP contribution in [0.25, 0.3) is 0 Å². The van der Waals surface area contributed by atoms with E-state index >= 15 is 0 Å². The van der Waals surface area contributed by atoms with Gasteiger partial charge in [-0.2, -0.15) is 5.26 Å². The van der Waals surface area contributed by atoms with Gasteiger partial charge in [-0.3, -0.25) is 9.69 Å². The molecule has 0 aromatic carbocycles. The van der Waals surface area contributed by atoms with Crippen LogP contribution in [-0.4, -0.2) is 74.2 Å². The van der Waals surface area contributed by atoms with E-state index in [2.05, 4.69) is 16.3 Å². The lowest BCUT2D eigenvalue weighted by atomic mass is 10.0. The zero-order valence-electron chi connectivity index (χ0n) is 12.7. The second-order valence-corrected chi connectivity index (χ2v) is 5.69. The van der Waals surface area contributed by atoms with Crippen LogP contribution in [-0.2, 0) is 9.53 Å². The number of nitrogens with zero attached hydrogens (tertiary/aromatic N) is 3. The molecular formula is C15H26N4O2. The third kappa shape index (κ3) is 5.27. The van der Waals surface area contributed by atoms with Crippen molar-refractivity contribution in [3.63, 3.8) is 0 Å². The Morgan fingerprint density at radius 2 is 2.14 bits per heavy atom. The van der Waals surface area contributed by atoms with Crippen molar-refractivity contribution in [2.75, 3.05) is 52.5 Å². The second-order valence-electron chi connectivity index (χ2n) is 5.69. The second kappa shape index (κ2) is 8.98. The normalized spacial score (nSPS) is 23.5. The number of nitrogens with one attached hydrogen (secondary N) is 1. The number of hydrogen-bond acceptors (Lipinski definition) is 5. The van der Waals surface area contributed by atoms with E-state index in [0.717, 1.165) is 58.7 Å². The van der Waals surface area contributed by atoms with Gasteiger partial charge in [0.25, 0.3) is 0 Å². The van der Waals surface area contributed by atoms with E-state index in [0.29, 0.717) is 19.5 Å². The van der Waals surface area contributed by atoms with Crippen molar-refractivity contribution in [1.82, 2.24) is 15.1 Å². The highest BCUT2D eigenvalue weighted by molar-refractivity contribution is 5.82. The van der Waals surface area contributed by atoms with Crippen molar-refractivity contribution in [1.29, 1.82) is 5.26 Å². The number of ether oxygens (including phenoxy) is 1. The molecule has 1 N–H and O–H groups in total. The number of amides is 1. The molecule has 0 radical (unpaired) electrons. The van der Waals surface area contributed by atoms with Crippen molar-refractivity contribution < 1.29 is 9.53 Å². The average Bonchev–Trinajstić information content (AvgIpc) is 2.56. The maximum Gasteiger partial charge on any atom is 0.239 e. The van der Waals surface area contributed by atoms with E-state index in [1.165, 1.54) is 0 Å². The fourth-order valence-electron chi connectivity index (χ4n) is 2.89. The summed E-state index contributed by atoms with van der Waals surface area (Å²) in [5, 5.41) is 12.1. The van der Waals surface area contributed by atoms with Crippen LogP contribution in [0.4, 0.5) is 0 Å². The molecule has 118 valence electrons. The van der Waals surface area contributed by atoms with Crippen molar-refractivity contribution in [3.05, 3.63) is 0 Å². The van der Waals surface area contributed by atoms with E-state index < -0.39 is 0 Å². The summed E-state index contributed by atoms with van der Waals surface area (Å²) >= 11 is 0. The average molecular weight is 294 g/mol. The van der Waals surface area contributed by atoms with Crippen LogP contribution in [0, 0.1) is 11.3 Å². The van der Waals surface area contributed by atoms with Gasteiger partial charge in [0.05, 0.1) is 31.7 Å². The summed E-state index contributed by atoms with van der Waals surface area (Å²) in [6.07, 6.45) is 3.58. The monoisotopic (exact) mass is 294 g/mol. The number of carbonyl (C=O) groups is 1. The summed E-state index contributed by atoms with van der Waals surface area (Å²) in [7, 11) is 0. The summed E-state index contributed by atoms with van der Waals surface area (Å²) in [5.41, 5.74) is 0. The molecule has 2 rings (SSSR count). The fourth-order valence-corrected chi connectivity index (χ4v) is 2.89. The van der Waals surface area contributed by atoms with E-state index in [-0.39, 0.29) is 11.9 Å². The van der Waals surface area contributed by atoms with E-state index in [9.17, 15) is 4.79 Å². The highest BCUT2D eigenvalue weighted by Crippen LogP contribution is 2.10. The minimum Gasteiger partial charge on any atom is -0.379 e. The van der Waals surface area contributed by atoms with Gasteiger partial charge in [-0.25, -0.2) is 0 Å². The predicted molar refractivity (Wildman–Crippen MR) is 79.7 cm³/mol. The molecule has 1 atom stereocenters. The molecule has 2 aliphatic rings. The first-order valence-electron chi connectivity index (χ1n) is 8.00. The van der Waals surface area contributed by atoms with Crippen LogP contribution < -0.4 is 5.32 Å². The molecule has 21 heavy (non-hydrogen) atoms. The van der Waals surface area contributed by atoms with Gasteiger partial charge in [0.2, 0.25) is 5.91 Å². The Hall–Kier alpha value is -1.16. The molecule has 0 aromatic rings. The lowest BCUT2D eigenvalue weighted by Crippen LogP contribution is -2.51. The maximum atomic E-state index is 12.6. The van der Waals surface area contributed by atoms with Gasteiger partial charge in [-0.05, 0) is 19.4 Å². The summed E-state index contributed by atoms with van der Waals surface area (Å²) in [6, 6.07) is 2.09. The van der Waals surface area contributed by atoms with Crippen molar-refractivity contribution in [2.24, 2.45) is 0 Å². The van der Waals surface area contributed by atoms with Crippen LogP contribution >= 0.6 is 0 Å². The van der Waals surface area contributed by atoms with Crippen LogP contribution in [0.5, 0.6) is 0 Å². The molecule has 0 aromatic heterocycles. The highest BCUT2D eigenvalue weighted by atomic mass is 16.5. The lowest BCUT2D eigenvalue weighted by Gasteiger charge is -2.32. The minimum absolute atomic E-state index is 0.0536. The molecule has 2 saturated heterocycles. The molecular weight excluding hydrogens is 268 g/mol. The van der Waals surface area contributed by atoms with E-state index in [1.807, 2.05) is 4.90 Å². The number of piperidine rings is 1. The molecule has 2 heterocycles. The summed E-state index contributed by atoms with van der Waals surface area (Å²) in [4.78, 5) is 16.8. The lowest BCUT2D eigenvalue weighted by molar-refractivity contribution is -0.134. The molecule has 0 spiro atoms. The van der Waals surface area contributed by atoms with Crippen molar-refractivity contribution >= 4 is 5.91 Å². The quantitative estimate of drug-likeness (QED) is 0.758. The molecule has 1 unspecified atom stereocenters. The molecule has 0 saturated carbocycles. The first-order chi connectivity index (χ1) is 10.3. The smallest absolute Gasteiger partial charge is 0.239 e. The number of nitriles is 1. The Kier molecular flexibility index (Phi) is 6.93. The largest absolute Gasteiger partial charge is 0.379 e. The van der Waals surface area contributed by atoms with Crippen molar-refractivity contribution in [2.45, 2.75) is 31.7 Å². The standard InChI is InChI=1S/C15H26N4O2/c16-5-3-7-19(9-8-18-10-12-21-13-11-18)15(20)14-4-1-2-6-17-14/h14,17H,1-4,6-13H2.